The summed E-state index contributed by atoms with van der Waals surface area (Å²) in [5.74, 6) is 0. The molecule has 2 N–H and O–H groups in total. The molecule has 0 amide bonds. The summed E-state index contributed by atoms with van der Waals surface area (Å²) in [6, 6.07) is 7.85. The van der Waals surface area contributed by atoms with Gasteiger partial charge in [-0.2, -0.15) is 16.8 Å². The predicted octanol–water partition coefficient (Wildman–Crippen LogP) is -4.43. The monoisotopic (exact) mass is 336 g/mol. The molecule has 6 nitrogen and oxygen atoms in total. The van der Waals surface area contributed by atoms with E-state index in [4.69, 9.17) is 9.11 Å². The largest absolute Gasteiger partial charge is 1.00 e. The second-order valence-electron chi connectivity index (χ2n) is 3.59. The van der Waals surface area contributed by atoms with Gasteiger partial charge in [-0.05, 0) is 17.5 Å². The fraction of sp³-hybridized carbons (Fsp3) is 0. The van der Waals surface area contributed by atoms with Gasteiger partial charge in [0.2, 0.25) is 0 Å². The van der Waals surface area contributed by atoms with Crippen molar-refractivity contribution < 1.29 is 87.9 Å². The second-order valence-corrected chi connectivity index (χ2v) is 6.40. The summed E-state index contributed by atoms with van der Waals surface area (Å²) in [6.07, 6.45) is 0. The van der Waals surface area contributed by atoms with Crippen molar-refractivity contribution in [1.82, 2.24) is 0 Å². The van der Waals surface area contributed by atoms with Crippen LogP contribution < -0.4 is 59.1 Å². The van der Waals surface area contributed by atoms with Gasteiger partial charge < -0.3 is 2.85 Å². The van der Waals surface area contributed by atoms with Crippen molar-refractivity contribution in [1.29, 1.82) is 0 Å². The zero-order chi connectivity index (χ0) is 13.6. The van der Waals surface area contributed by atoms with Crippen LogP contribution in [0.5, 0.6) is 0 Å². The third-order valence-electron chi connectivity index (χ3n) is 2.37. The Balaban J connectivity index is -0.000000902. The zero-order valence-corrected chi connectivity index (χ0v) is 16.4. The molecule has 0 spiro atoms. The summed E-state index contributed by atoms with van der Waals surface area (Å²) < 4.78 is 62.5. The molecule has 0 fully saturated rings. The average Bonchev–Trinajstić information content (AvgIpc) is 2.25. The molecule has 0 saturated heterocycles. The molecule has 2 aromatic carbocycles. The van der Waals surface area contributed by atoms with Crippen molar-refractivity contribution in [2.75, 3.05) is 0 Å². The number of hydrogen-bond donors (Lipinski definition) is 2. The van der Waals surface area contributed by atoms with E-state index >= 15 is 0 Å². The molecule has 100 valence electrons. The van der Waals surface area contributed by atoms with Crippen LogP contribution in [0.15, 0.2) is 46.2 Å². The number of hydrogen-bond acceptors (Lipinski definition) is 4. The molecular weight excluding hydrogens is 326 g/mol. The van der Waals surface area contributed by atoms with E-state index in [1.165, 1.54) is 12.1 Å². The summed E-state index contributed by atoms with van der Waals surface area (Å²) in [4.78, 5) is -1.15. The van der Waals surface area contributed by atoms with Crippen LogP contribution >= 0.6 is 0 Å². The summed E-state index contributed by atoms with van der Waals surface area (Å²) in [6.45, 7) is 0. The van der Waals surface area contributed by atoms with Crippen molar-refractivity contribution in [2.24, 2.45) is 0 Å². The van der Waals surface area contributed by atoms with Crippen LogP contribution in [0.25, 0.3) is 10.8 Å². The molecule has 0 radical (unpaired) electrons. The Morgan fingerprint density at radius 2 is 1.40 bits per heavy atom. The molecule has 2 aromatic rings. The van der Waals surface area contributed by atoms with Gasteiger partial charge in [-0.15, -0.1) is 0 Å². The number of rotatable bonds is 2. The molecule has 0 heterocycles. The zero-order valence-electron chi connectivity index (χ0n) is 12.8. The SMILES string of the molecule is O=S(=O)(O)c1cc(S(=O)(=O)O)c2ccccc2c1.[H-].[H-].[Na+].[Na+]. The summed E-state index contributed by atoms with van der Waals surface area (Å²) in [7, 11) is -9.14. The standard InChI is InChI=1S/C10H8O6S2.2Na.2H/c11-17(12,13)8-5-7-3-1-2-4-9(7)10(6-8)18(14,15)16;;;;/h1-6H,(H,11,12,13)(H,14,15,16);;;;/q;2*+1;2*-1. The fourth-order valence-electron chi connectivity index (χ4n) is 1.61. The van der Waals surface area contributed by atoms with Crippen LogP contribution in [-0.2, 0) is 20.2 Å². The third kappa shape index (κ3) is 4.51. The number of fused-ring (bicyclic) bond motifs is 1. The van der Waals surface area contributed by atoms with Gasteiger partial charge in [0.15, 0.2) is 0 Å². The van der Waals surface area contributed by atoms with Crippen LogP contribution in [0.2, 0.25) is 0 Å². The summed E-state index contributed by atoms with van der Waals surface area (Å²) in [5, 5.41) is 0.452. The van der Waals surface area contributed by atoms with Crippen molar-refractivity contribution in [2.45, 2.75) is 9.79 Å². The molecule has 0 atom stereocenters. The van der Waals surface area contributed by atoms with E-state index in [0.29, 0.717) is 6.07 Å². The van der Waals surface area contributed by atoms with E-state index in [-0.39, 0.29) is 72.7 Å². The first kappa shape index (κ1) is 20.5. The van der Waals surface area contributed by atoms with Gasteiger partial charge in [0.05, 0.1) is 4.90 Å². The Morgan fingerprint density at radius 1 is 0.850 bits per heavy atom. The molecule has 0 aliphatic rings. The quantitative estimate of drug-likeness (QED) is 0.423. The van der Waals surface area contributed by atoms with Gasteiger partial charge in [-0.1, -0.05) is 24.3 Å². The van der Waals surface area contributed by atoms with E-state index in [1.54, 1.807) is 12.1 Å². The molecule has 2 rings (SSSR count). The Labute approximate surface area is 163 Å². The van der Waals surface area contributed by atoms with Gasteiger partial charge in [0, 0.05) is 5.39 Å². The predicted molar refractivity (Wildman–Crippen MR) is 65.8 cm³/mol. The first-order valence-corrected chi connectivity index (χ1v) is 7.55. The third-order valence-corrected chi connectivity index (χ3v) is 4.10. The molecule has 0 bridgehead atoms. The van der Waals surface area contributed by atoms with Crippen molar-refractivity contribution in [3.05, 3.63) is 36.4 Å². The van der Waals surface area contributed by atoms with Crippen LogP contribution in [0.4, 0.5) is 0 Å². The minimum absolute atomic E-state index is 0. The molecule has 0 unspecified atom stereocenters. The van der Waals surface area contributed by atoms with Gasteiger partial charge >= 0.3 is 59.1 Å². The Bertz CT molecular complexity index is 840. The molecule has 10 heteroatoms. The van der Waals surface area contributed by atoms with Crippen molar-refractivity contribution in [3.8, 4) is 0 Å². The minimum atomic E-state index is -4.59. The van der Waals surface area contributed by atoms with Gasteiger partial charge in [-0.25, -0.2) is 0 Å². The Kier molecular flexibility index (Phi) is 7.37. The Morgan fingerprint density at radius 3 is 1.90 bits per heavy atom. The van der Waals surface area contributed by atoms with E-state index in [2.05, 4.69) is 0 Å². The van der Waals surface area contributed by atoms with E-state index < -0.39 is 30.0 Å². The van der Waals surface area contributed by atoms with Crippen LogP contribution in [0.1, 0.15) is 2.85 Å². The minimum Gasteiger partial charge on any atom is -1.00 e. The normalized spacial score (nSPS) is 11.5. The first-order valence-electron chi connectivity index (χ1n) is 4.67. The maximum Gasteiger partial charge on any atom is 1.00 e. The Hall–Kier alpha value is 0.520. The summed E-state index contributed by atoms with van der Waals surface area (Å²) in [5.41, 5.74) is 0. The number of benzene rings is 2. The van der Waals surface area contributed by atoms with Crippen LogP contribution in [0.3, 0.4) is 0 Å². The van der Waals surface area contributed by atoms with E-state index in [9.17, 15) is 16.8 Å². The molecule has 0 aliphatic heterocycles. The molecule has 0 saturated carbocycles. The first-order chi connectivity index (χ1) is 8.19. The molecule has 0 aliphatic carbocycles. The average molecular weight is 336 g/mol. The fourth-order valence-corrected chi connectivity index (χ4v) is 2.97. The maximum absolute atomic E-state index is 11.2. The van der Waals surface area contributed by atoms with Crippen LogP contribution in [-0.4, -0.2) is 25.9 Å². The molecule has 20 heavy (non-hydrogen) atoms. The van der Waals surface area contributed by atoms with E-state index in [1.807, 2.05) is 0 Å². The topological polar surface area (TPSA) is 109 Å². The smallest absolute Gasteiger partial charge is 1.00 e. The maximum atomic E-state index is 11.2. The second kappa shape index (κ2) is 7.19. The van der Waals surface area contributed by atoms with E-state index in [0.717, 1.165) is 6.07 Å². The van der Waals surface area contributed by atoms with Gasteiger partial charge in [-0.3, -0.25) is 9.11 Å². The summed E-state index contributed by atoms with van der Waals surface area (Å²) >= 11 is 0. The molecule has 0 aromatic heterocycles. The van der Waals surface area contributed by atoms with Gasteiger partial charge in [0.25, 0.3) is 20.2 Å². The van der Waals surface area contributed by atoms with Crippen molar-refractivity contribution >= 4 is 31.0 Å². The van der Waals surface area contributed by atoms with Crippen LogP contribution in [0, 0.1) is 0 Å². The van der Waals surface area contributed by atoms with Crippen molar-refractivity contribution in [3.63, 3.8) is 0 Å². The molecular formula is C10H10Na2O6S2. The van der Waals surface area contributed by atoms with Gasteiger partial charge in [0.1, 0.15) is 4.90 Å².